The molecule has 0 aliphatic carbocycles. The van der Waals surface area contributed by atoms with Crippen molar-refractivity contribution in [2.75, 3.05) is 26.0 Å². The zero-order chi connectivity index (χ0) is 10.2. The van der Waals surface area contributed by atoms with Crippen LogP contribution in [0.3, 0.4) is 0 Å². The Morgan fingerprint density at radius 2 is 2.57 bits per heavy atom. The number of nitrogens with one attached hydrogen (secondary N) is 1. The molecule has 1 amide bonds. The van der Waals surface area contributed by atoms with Crippen molar-refractivity contribution >= 4 is 29.0 Å². The minimum Gasteiger partial charge on any atom is -0.383 e. The average Bonchev–Trinajstić information content (AvgIpc) is 2.68. The fraction of sp³-hybridized carbons (Fsp3) is 0.444. The highest BCUT2D eigenvalue weighted by Gasteiger charge is 2.01. The van der Waals surface area contributed by atoms with Crippen molar-refractivity contribution in [1.82, 2.24) is 5.32 Å². The summed E-state index contributed by atoms with van der Waals surface area (Å²) < 4.78 is 6.00. The minimum absolute atomic E-state index is 0.0560. The van der Waals surface area contributed by atoms with Gasteiger partial charge in [0.15, 0.2) is 0 Å². The molecular weight excluding hydrogens is 218 g/mol. The summed E-state index contributed by atoms with van der Waals surface area (Å²) in [7, 11) is 1.62. The lowest BCUT2D eigenvalue weighted by molar-refractivity contribution is -0.118. The normalized spacial score (nSPS) is 10.1. The third-order valence-corrected chi connectivity index (χ3v) is 3.60. The Balaban J connectivity index is 2.09. The topological polar surface area (TPSA) is 38.3 Å². The van der Waals surface area contributed by atoms with Crippen molar-refractivity contribution < 1.29 is 9.53 Å². The number of hydrogen-bond acceptors (Lipinski definition) is 4. The Morgan fingerprint density at radius 3 is 3.21 bits per heavy atom. The van der Waals surface area contributed by atoms with Crippen LogP contribution in [0.25, 0.3) is 0 Å². The third kappa shape index (κ3) is 4.64. The van der Waals surface area contributed by atoms with E-state index < -0.39 is 0 Å². The average molecular weight is 231 g/mol. The van der Waals surface area contributed by atoms with Crippen molar-refractivity contribution in [3.63, 3.8) is 0 Å². The van der Waals surface area contributed by atoms with Gasteiger partial charge in [-0.1, -0.05) is 6.07 Å². The number of amides is 1. The Hall–Kier alpha value is -0.520. The van der Waals surface area contributed by atoms with Gasteiger partial charge in [-0.3, -0.25) is 4.79 Å². The van der Waals surface area contributed by atoms with E-state index in [0.29, 0.717) is 18.9 Å². The van der Waals surface area contributed by atoms with E-state index in [1.54, 1.807) is 30.2 Å². The predicted molar refractivity (Wildman–Crippen MR) is 59.9 cm³/mol. The van der Waals surface area contributed by atoms with Gasteiger partial charge < -0.3 is 10.1 Å². The van der Waals surface area contributed by atoms with E-state index in [1.807, 2.05) is 17.5 Å². The monoisotopic (exact) mass is 231 g/mol. The molecule has 14 heavy (non-hydrogen) atoms. The van der Waals surface area contributed by atoms with Gasteiger partial charge in [-0.15, -0.1) is 23.1 Å². The van der Waals surface area contributed by atoms with Gasteiger partial charge in [0.05, 0.1) is 16.6 Å². The number of thiophene rings is 1. The van der Waals surface area contributed by atoms with Gasteiger partial charge in [0, 0.05) is 13.7 Å². The maximum Gasteiger partial charge on any atom is 0.230 e. The molecule has 0 unspecified atom stereocenters. The maximum absolute atomic E-state index is 11.2. The maximum atomic E-state index is 11.2. The molecule has 1 rings (SSSR count). The summed E-state index contributed by atoms with van der Waals surface area (Å²) in [4.78, 5) is 11.2. The molecule has 0 aliphatic rings. The van der Waals surface area contributed by atoms with Crippen LogP contribution >= 0.6 is 23.1 Å². The quantitative estimate of drug-likeness (QED) is 0.597. The lowest BCUT2D eigenvalue weighted by atomic mass is 10.6. The summed E-state index contributed by atoms with van der Waals surface area (Å²) in [6.45, 7) is 1.15. The number of methoxy groups -OCH3 is 1. The van der Waals surface area contributed by atoms with Crippen molar-refractivity contribution in [3.8, 4) is 0 Å². The first-order valence-corrected chi connectivity index (χ1v) is 6.11. The van der Waals surface area contributed by atoms with E-state index in [1.165, 1.54) is 4.21 Å². The van der Waals surface area contributed by atoms with Gasteiger partial charge in [0.25, 0.3) is 0 Å². The molecule has 1 N–H and O–H groups in total. The highest BCUT2D eigenvalue weighted by molar-refractivity contribution is 8.01. The molecule has 0 bridgehead atoms. The van der Waals surface area contributed by atoms with Crippen molar-refractivity contribution in [1.29, 1.82) is 0 Å². The largest absolute Gasteiger partial charge is 0.383 e. The lowest BCUT2D eigenvalue weighted by Gasteiger charge is -2.02. The Labute approximate surface area is 91.8 Å². The summed E-state index contributed by atoms with van der Waals surface area (Å²) in [6, 6.07) is 3.99. The summed E-state index contributed by atoms with van der Waals surface area (Å²) in [6.07, 6.45) is 0. The molecule has 1 aromatic heterocycles. The van der Waals surface area contributed by atoms with Crippen LogP contribution in [-0.4, -0.2) is 31.9 Å². The molecule has 0 radical (unpaired) electrons. The molecule has 0 aromatic carbocycles. The molecule has 0 saturated heterocycles. The summed E-state index contributed by atoms with van der Waals surface area (Å²) in [5, 5.41) is 4.77. The number of hydrogen-bond donors (Lipinski definition) is 1. The second kappa shape index (κ2) is 6.86. The zero-order valence-electron chi connectivity index (χ0n) is 7.99. The van der Waals surface area contributed by atoms with Crippen molar-refractivity contribution in [2.24, 2.45) is 0 Å². The van der Waals surface area contributed by atoms with Crippen LogP contribution in [0.2, 0.25) is 0 Å². The van der Waals surface area contributed by atoms with Crippen LogP contribution in [0.4, 0.5) is 0 Å². The molecule has 1 heterocycles. The first-order chi connectivity index (χ1) is 6.83. The first kappa shape index (κ1) is 11.6. The van der Waals surface area contributed by atoms with Crippen molar-refractivity contribution in [3.05, 3.63) is 17.5 Å². The molecule has 3 nitrogen and oxygen atoms in total. The number of ether oxygens (including phenoxy) is 1. The molecule has 0 saturated carbocycles. The van der Waals surface area contributed by atoms with E-state index in [2.05, 4.69) is 5.32 Å². The summed E-state index contributed by atoms with van der Waals surface area (Å²) >= 11 is 3.21. The fourth-order valence-corrected chi connectivity index (χ4v) is 2.44. The van der Waals surface area contributed by atoms with E-state index in [4.69, 9.17) is 4.74 Å². The summed E-state index contributed by atoms with van der Waals surface area (Å²) in [5.74, 6) is 0.532. The van der Waals surface area contributed by atoms with Gasteiger partial charge in [-0.05, 0) is 11.4 Å². The molecule has 0 aliphatic heterocycles. The van der Waals surface area contributed by atoms with Crippen LogP contribution < -0.4 is 5.32 Å². The third-order valence-electron chi connectivity index (χ3n) is 1.47. The molecule has 0 atom stereocenters. The minimum atomic E-state index is 0.0560. The Kier molecular flexibility index (Phi) is 5.66. The molecular formula is C9H13NO2S2. The number of rotatable bonds is 6. The predicted octanol–water partition coefficient (Wildman–Crippen LogP) is 1.60. The van der Waals surface area contributed by atoms with Gasteiger partial charge in [0.1, 0.15) is 0 Å². The smallest absolute Gasteiger partial charge is 0.230 e. The van der Waals surface area contributed by atoms with Gasteiger partial charge in [-0.2, -0.15) is 0 Å². The molecule has 0 spiro atoms. The van der Waals surface area contributed by atoms with Crippen LogP contribution in [0.1, 0.15) is 0 Å². The van der Waals surface area contributed by atoms with Gasteiger partial charge in [-0.25, -0.2) is 0 Å². The van der Waals surface area contributed by atoms with E-state index in [0.717, 1.165) is 0 Å². The standard InChI is InChI=1S/C9H13NO2S2/c1-12-5-4-10-8(11)7-14-9-3-2-6-13-9/h2-3,6H,4-5,7H2,1H3,(H,10,11). The first-order valence-electron chi connectivity index (χ1n) is 4.25. The zero-order valence-corrected chi connectivity index (χ0v) is 9.62. The molecule has 0 fully saturated rings. The number of carbonyl (C=O) groups excluding carboxylic acids is 1. The SMILES string of the molecule is COCCNC(=O)CSc1cccs1. The Morgan fingerprint density at radius 1 is 1.71 bits per heavy atom. The van der Waals surface area contributed by atoms with E-state index in [-0.39, 0.29) is 5.91 Å². The number of carbonyl (C=O) groups is 1. The highest BCUT2D eigenvalue weighted by Crippen LogP contribution is 2.22. The van der Waals surface area contributed by atoms with Crippen LogP contribution in [-0.2, 0) is 9.53 Å². The second-order valence-corrected chi connectivity index (χ2v) is 4.79. The van der Waals surface area contributed by atoms with E-state index in [9.17, 15) is 4.79 Å². The molecule has 78 valence electrons. The molecule has 1 aromatic rings. The van der Waals surface area contributed by atoms with Crippen molar-refractivity contribution in [2.45, 2.75) is 4.21 Å². The highest BCUT2D eigenvalue weighted by atomic mass is 32.2. The van der Waals surface area contributed by atoms with E-state index >= 15 is 0 Å². The van der Waals surface area contributed by atoms with Gasteiger partial charge in [0.2, 0.25) is 5.91 Å². The second-order valence-electron chi connectivity index (χ2n) is 2.56. The van der Waals surface area contributed by atoms with Gasteiger partial charge >= 0.3 is 0 Å². The fourth-order valence-electron chi connectivity index (χ4n) is 0.826. The van der Waals surface area contributed by atoms with Crippen LogP contribution in [0.5, 0.6) is 0 Å². The summed E-state index contributed by atoms with van der Waals surface area (Å²) in [5.41, 5.74) is 0. The lowest BCUT2D eigenvalue weighted by Crippen LogP contribution is -2.28. The number of thioether (sulfide) groups is 1. The van der Waals surface area contributed by atoms with Crippen LogP contribution in [0, 0.1) is 0 Å². The molecule has 5 heteroatoms. The Bertz CT molecular complexity index is 262. The van der Waals surface area contributed by atoms with Crippen LogP contribution in [0.15, 0.2) is 21.7 Å².